The van der Waals surface area contributed by atoms with E-state index in [4.69, 9.17) is 11.6 Å². The van der Waals surface area contributed by atoms with Crippen LogP contribution in [0.3, 0.4) is 0 Å². The fourth-order valence-electron chi connectivity index (χ4n) is 1.88. The maximum atomic E-state index is 13.7. The molecule has 0 heterocycles. The number of aliphatic hydroxyl groups is 1. The number of aryl methyl sites for hydroxylation is 1. The fourth-order valence-corrected chi connectivity index (χ4v) is 2.10. The van der Waals surface area contributed by atoms with E-state index in [2.05, 4.69) is 0 Å². The second kappa shape index (κ2) is 5.51. The van der Waals surface area contributed by atoms with Crippen LogP contribution in [-0.2, 0) is 6.42 Å². The molecule has 0 radical (unpaired) electrons. The standard InChI is InChI=1S/C15H14ClFO/c1-10-6-7-12(14(17)8-10)15(18)9-11-4-2-3-5-13(11)16/h2-8,15,18H,9H2,1H3. The molecule has 0 aliphatic heterocycles. The van der Waals surface area contributed by atoms with Crippen LogP contribution in [0.5, 0.6) is 0 Å². The van der Waals surface area contributed by atoms with Crippen molar-refractivity contribution in [1.29, 1.82) is 0 Å². The molecule has 0 bridgehead atoms. The van der Waals surface area contributed by atoms with Crippen molar-refractivity contribution in [2.45, 2.75) is 19.4 Å². The Labute approximate surface area is 111 Å². The Morgan fingerprint density at radius 3 is 2.61 bits per heavy atom. The van der Waals surface area contributed by atoms with Crippen molar-refractivity contribution in [2.75, 3.05) is 0 Å². The number of aliphatic hydroxyl groups excluding tert-OH is 1. The zero-order valence-corrected chi connectivity index (χ0v) is 10.8. The minimum atomic E-state index is -0.884. The predicted octanol–water partition coefficient (Wildman–Crippen LogP) is 4.06. The van der Waals surface area contributed by atoms with Gasteiger partial charge in [-0.15, -0.1) is 0 Å². The van der Waals surface area contributed by atoms with Gasteiger partial charge in [0.2, 0.25) is 0 Å². The highest BCUT2D eigenvalue weighted by molar-refractivity contribution is 6.31. The average molecular weight is 265 g/mol. The number of hydrogen-bond acceptors (Lipinski definition) is 1. The minimum Gasteiger partial charge on any atom is -0.388 e. The van der Waals surface area contributed by atoms with Crippen molar-refractivity contribution in [2.24, 2.45) is 0 Å². The lowest BCUT2D eigenvalue weighted by molar-refractivity contribution is 0.173. The molecule has 0 saturated heterocycles. The lowest BCUT2D eigenvalue weighted by Crippen LogP contribution is -2.05. The van der Waals surface area contributed by atoms with E-state index in [0.29, 0.717) is 17.0 Å². The van der Waals surface area contributed by atoms with E-state index in [1.807, 2.05) is 25.1 Å². The monoisotopic (exact) mass is 264 g/mol. The van der Waals surface area contributed by atoms with E-state index in [1.165, 1.54) is 6.07 Å². The van der Waals surface area contributed by atoms with Gasteiger partial charge in [-0.05, 0) is 30.2 Å². The highest BCUT2D eigenvalue weighted by Crippen LogP contribution is 2.25. The first-order valence-corrected chi connectivity index (χ1v) is 6.13. The van der Waals surface area contributed by atoms with Crippen molar-refractivity contribution in [1.82, 2.24) is 0 Å². The van der Waals surface area contributed by atoms with Gasteiger partial charge in [-0.25, -0.2) is 4.39 Å². The lowest BCUT2D eigenvalue weighted by atomic mass is 10.00. The maximum absolute atomic E-state index is 13.7. The first-order chi connectivity index (χ1) is 8.58. The van der Waals surface area contributed by atoms with Crippen LogP contribution < -0.4 is 0 Å². The molecule has 2 rings (SSSR count). The molecule has 2 aromatic rings. The summed E-state index contributed by atoms with van der Waals surface area (Å²) in [5.41, 5.74) is 1.95. The van der Waals surface area contributed by atoms with Gasteiger partial charge in [0.25, 0.3) is 0 Å². The number of rotatable bonds is 3. The van der Waals surface area contributed by atoms with Gasteiger partial charge < -0.3 is 5.11 Å². The Morgan fingerprint density at radius 2 is 1.94 bits per heavy atom. The minimum absolute atomic E-state index is 0.305. The second-order valence-electron chi connectivity index (χ2n) is 4.34. The van der Waals surface area contributed by atoms with E-state index in [1.54, 1.807) is 18.2 Å². The third-order valence-corrected chi connectivity index (χ3v) is 3.25. The SMILES string of the molecule is Cc1ccc(C(O)Cc2ccccc2Cl)c(F)c1. The topological polar surface area (TPSA) is 20.2 Å². The molecule has 1 nitrogen and oxygen atoms in total. The summed E-state index contributed by atoms with van der Waals surface area (Å²) in [5, 5.41) is 10.7. The molecule has 0 saturated carbocycles. The Kier molecular flexibility index (Phi) is 4.00. The molecule has 94 valence electrons. The molecule has 0 aliphatic rings. The Bertz CT molecular complexity index is 554. The fraction of sp³-hybridized carbons (Fsp3) is 0.200. The summed E-state index contributed by atoms with van der Waals surface area (Å²) in [4.78, 5) is 0. The largest absolute Gasteiger partial charge is 0.388 e. The molecule has 2 aromatic carbocycles. The van der Waals surface area contributed by atoms with Crippen LogP contribution in [0.15, 0.2) is 42.5 Å². The third kappa shape index (κ3) is 2.89. The summed E-state index contributed by atoms with van der Waals surface area (Å²) in [7, 11) is 0. The van der Waals surface area contributed by atoms with E-state index in [-0.39, 0.29) is 5.82 Å². The van der Waals surface area contributed by atoms with Crippen LogP contribution >= 0.6 is 11.6 Å². The van der Waals surface area contributed by atoms with E-state index >= 15 is 0 Å². The molecule has 1 atom stereocenters. The van der Waals surface area contributed by atoms with Gasteiger partial charge in [0.1, 0.15) is 5.82 Å². The highest BCUT2D eigenvalue weighted by Gasteiger charge is 2.14. The Balaban J connectivity index is 2.22. The quantitative estimate of drug-likeness (QED) is 0.886. The van der Waals surface area contributed by atoms with Gasteiger partial charge >= 0.3 is 0 Å². The zero-order chi connectivity index (χ0) is 13.1. The first-order valence-electron chi connectivity index (χ1n) is 5.75. The molecule has 3 heteroatoms. The van der Waals surface area contributed by atoms with Gasteiger partial charge in [0.15, 0.2) is 0 Å². The van der Waals surface area contributed by atoms with Crippen LogP contribution in [-0.4, -0.2) is 5.11 Å². The van der Waals surface area contributed by atoms with Crippen LogP contribution in [0.4, 0.5) is 4.39 Å². The van der Waals surface area contributed by atoms with Crippen LogP contribution in [0.1, 0.15) is 22.8 Å². The zero-order valence-electron chi connectivity index (χ0n) is 10.0. The maximum Gasteiger partial charge on any atom is 0.129 e. The third-order valence-electron chi connectivity index (χ3n) is 2.89. The molecular formula is C15H14ClFO. The van der Waals surface area contributed by atoms with Gasteiger partial charge in [0.05, 0.1) is 6.10 Å². The molecule has 0 aliphatic carbocycles. The highest BCUT2D eigenvalue weighted by atomic mass is 35.5. The smallest absolute Gasteiger partial charge is 0.129 e. The van der Waals surface area contributed by atoms with Crippen molar-refractivity contribution in [3.8, 4) is 0 Å². The van der Waals surface area contributed by atoms with Gasteiger partial charge in [-0.3, -0.25) is 0 Å². The van der Waals surface area contributed by atoms with Gasteiger partial charge in [0, 0.05) is 17.0 Å². The summed E-state index contributed by atoms with van der Waals surface area (Å²) < 4.78 is 13.7. The normalized spacial score (nSPS) is 12.4. The summed E-state index contributed by atoms with van der Waals surface area (Å²) >= 11 is 6.02. The number of benzene rings is 2. The first kappa shape index (κ1) is 13.1. The summed E-state index contributed by atoms with van der Waals surface area (Å²) in [6.07, 6.45) is -0.579. The van der Waals surface area contributed by atoms with E-state index < -0.39 is 6.10 Å². The van der Waals surface area contributed by atoms with Gasteiger partial charge in [-0.1, -0.05) is 41.9 Å². The molecule has 1 unspecified atom stereocenters. The van der Waals surface area contributed by atoms with Crippen molar-refractivity contribution in [3.63, 3.8) is 0 Å². The van der Waals surface area contributed by atoms with Crippen molar-refractivity contribution in [3.05, 3.63) is 70.0 Å². The summed E-state index contributed by atoms with van der Waals surface area (Å²) in [6.45, 7) is 1.81. The predicted molar refractivity (Wildman–Crippen MR) is 71.3 cm³/mol. The molecular weight excluding hydrogens is 251 g/mol. The summed E-state index contributed by atoms with van der Waals surface area (Å²) in [6, 6.07) is 12.1. The molecule has 1 N–H and O–H groups in total. The van der Waals surface area contributed by atoms with Crippen LogP contribution in [0.25, 0.3) is 0 Å². The average Bonchev–Trinajstić information content (AvgIpc) is 2.32. The van der Waals surface area contributed by atoms with Crippen molar-refractivity contribution < 1.29 is 9.50 Å². The second-order valence-corrected chi connectivity index (χ2v) is 4.74. The lowest BCUT2D eigenvalue weighted by Gasteiger charge is -2.13. The van der Waals surface area contributed by atoms with Crippen LogP contribution in [0, 0.1) is 12.7 Å². The Morgan fingerprint density at radius 1 is 1.22 bits per heavy atom. The molecule has 0 fully saturated rings. The molecule has 0 amide bonds. The van der Waals surface area contributed by atoms with E-state index in [9.17, 15) is 9.50 Å². The number of hydrogen-bond donors (Lipinski definition) is 1. The van der Waals surface area contributed by atoms with Crippen molar-refractivity contribution >= 4 is 11.6 Å². The molecule has 0 spiro atoms. The molecule has 18 heavy (non-hydrogen) atoms. The summed E-state index contributed by atoms with van der Waals surface area (Å²) in [5.74, 6) is -0.380. The Hall–Kier alpha value is -1.38. The van der Waals surface area contributed by atoms with E-state index in [0.717, 1.165) is 11.1 Å². The van der Waals surface area contributed by atoms with Crippen LogP contribution in [0.2, 0.25) is 5.02 Å². The molecule has 0 aromatic heterocycles. The number of halogens is 2. The van der Waals surface area contributed by atoms with Gasteiger partial charge in [-0.2, -0.15) is 0 Å².